The van der Waals surface area contributed by atoms with Gasteiger partial charge < -0.3 is 0 Å². The highest BCUT2D eigenvalue weighted by Gasteiger charge is 2.42. The van der Waals surface area contributed by atoms with Crippen molar-refractivity contribution in [3.8, 4) is 10.6 Å². The zero-order valence-electron chi connectivity index (χ0n) is 11.9. The summed E-state index contributed by atoms with van der Waals surface area (Å²) in [5, 5.41) is 4.04. The summed E-state index contributed by atoms with van der Waals surface area (Å²) in [7, 11) is 0. The molecule has 3 heterocycles. The van der Waals surface area contributed by atoms with Crippen LogP contribution in [0.1, 0.15) is 19.3 Å². The van der Waals surface area contributed by atoms with Crippen molar-refractivity contribution < 1.29 is 22.8 Å². The van der Waals surface area contributed by atoms with E-state index in [1.165, 1.54) is 11.3 Å². The van der Waals surface area contributed by atoms with Gasteiger partial charge in [-0.05, 0) is 39.5 Å². The Labute approximate surface area is 159 Å². The second-order valence-corrected chi connectivity index (χ2v) is 8.97. The lowest BCUT2D eigenvalue weighted by Crippen LogP contribution is -2.22. The van der Waals surface area contributed by atoms with Crippen LogP contribution in [0.2, 0.25) is 0 Å². The van der Waals surface area contributed by atoms with Crippen molar-refractivity contribution in [2.24, 2.45) is 0 Å². The third-order valence-electron chi connectivity index (χ3n) is 2.86. The maximum atomic E-state index is 12.8. The molecule has 25 heavy (non-hydrogen) atoms. The van der Waals surface area contributed by atoms with E-state index in [1.807, 2.05) is 0 Å². The van der Waals surface area contributed by atoms with Crippen molar-refractivity contribution in [1.82, 2.24) is 4.98 Å². The Balaban J connectivity index is 1.96. The van der Waals surface area contributed by atoms with Crippen molar-refractivity contribution in [2.75, 3.05) is 5.32 Å². The summed E-state index contributed by atoms with van der Waals surface area (Å²) in [6.07, 6.45) is -5.02. The first-order valence-electron chi connectivity index (χ1n) is 6.48. The number of ketones is 1. The van der Waals surface area contributed by atoms with Crippen LogP contribution in [0.25, 0.3) is 10.6 Å². The number of Topliss-reactive ketones (excluding diaryl/α,β-unsaturated/α-hetero) is 1. The Morgan fingerprint density at radius 3 is 2.48 bits per heavy atom. The molecule has 0 bridgehead atoms. The van der Waals surface area contributed by atoms with Crippen LogP contribution < -0.4 is 5.32 Å². The van der Waals surface area contributed by atoms with Gasteiger partial charge >= 0.3 is 6.18 Å². The van der Waals surface area contributed by atoms with E-state index in [0.29, 0.717) is 21.1 Å². The van der Waals surface area contributed by atoms with Crippen LogP contribution in [0.5, 0.6) is 0 Å². The predicted molar refractivity (Wildman–Crippen MR) is 95.8 cm³/mol. The van der Waals surface area contributed by atoms with Crippen molar-refractivity contribution >= 4 is 66.8 Å². The number of amides is 1. The third-order valence-corrected chi connectivity index (χ3v) is 6.33. The van der Waals surface area contributed by atoms with E-state index in [-0.39, 0.29) is 10.8 Å². The number of hydrogen-bond donors (Lipinski definition) is 1. The lowest BCUT2D eigenvalue weighted by atomic mass is 10.2. The van der Waals surface area contributed by atoms with Crippen LogP contribution in [0, 0.1) is 0 Å². The second kappa shape index (κ2) is 6.98. The molecule has 0 spiro atoms. The van der Waals surface area contributed by atoms with E-state index in [0.717, 1.165) is 15.1 Å². The molecular weight excluding hydrogens is 461 g/mol. The standard InChI is InChI=1S/C14H6BrF3N2O2S3/c15-8-4-3-7(24-8)12(22)20-13-19-9(6-2-1-5-23-6)10(25-13)11(21)14(16,17)18/h1-5H,(H,19,20,22). The highest BCUT2D eigenvalue weighted by molar-refractivity contribution is 9.11. The molecule has 1 N–H and O–H groups in total. The molecule has 1 amide bonds. The van der Waals surface area contributed by atoms with Crippen molar-refractivity contribution in [3.05, 3.63) is 43.2 Å². The number of carbonyl (C=O) groups is 2. The molecule has 3 aromatic heterocycles. The van der Waals surface area contributed by atoms with Gasteiger partial charge in [-0.25, -0.2) is 4.98 Å². The number of alkyl halides is 3. The molecule has 0 fully saturated rings. The number of thiazole rings is 1. The number of halogens is 4. The van der Waals surface area contributed by atoms with E-state index in [9.17, 15) is 22.8 Å². The molecule has 0 aliphatic carbocycles. The molecule has 0 aliphatic rings. The molecular formula is C14H6BrF3N2O2S3. The summed E-state index contributed by atoms with van der Waals surface area (Å²) in [5.41, 5.74) is -0.0787. The molecule has 0 saturated heterocycles. The summed E-state index contributed by atoms with van der Waals surface area (Å²) < 4.78 is 39.3. The largest absolute Gasteiger partial charge is 0.455 e. The van der Waals surface area contributed by atoms with Gasteiger partial charge in [0, 0.05) is 0 Å². The quantitative estimate of drug-likeness (QED) is 0.502. The van der Waals surface area contributed by atoms with Gasteiger partial charge in [0.15, 0.2) is 5.13 Å². The van der Waals surface area contributed by atoms with Crippen molar-refractivity contribution in [3.63, 3.8) is 0 Å². The minimum Gasteiger partial charge on any atom is -0.297 e. The number of rotatable bonds is 4. The first-order valence-corrected chi connectivity index (χ1v) is 9.79. The maximum absolute atomic E-state index is 12.8. The SMILES string of the molecule is O=C(Nc1nc(-c2cccs2)c(C(=O)C(F)(F)F)s1)c1ccc(Br)s1. The van der Waals surface area contributed by atoms with Crippen LogP contribution >= 0.6 is 49.9 Å². The Hall–Kier alpha value is -1.56. The highest BCUT2D eigenvalue weighted by atomic mass is 79.9. The van der Waals surface area contributed by atoms with Crippen molar-refractivity contribution in [1.29, 1.82) is 0 Å². The van der Waals surface area contributed by atoms with E-state index >= 15 is 0 Å². The van der Waals surface area contributed by atoms with E-state index in [2.05, 4.69) is 26.2 Å². The Bertz CT molecular complexity index is 932. The van der Waals surface area contributed by atoms with Crippen LogP contribution in [0.3, 0.4) is 0 Å². The Morgan fingerprint density at radius 1 is 1.16 bits per heavy atom. The number of nitrogens with one attached hydrogen (secondary N) is 1. The zero-order valence-corrected chi connectivity index (χ0v) is 15.9. The van der Waals surface area contributed by atoms with E-state index in [1.54, 1.807) is 29.6 Å². The molecule has 0 aliphatic heterocycles. The van der Waals surface area contributed by atoms with E-state index in [4.69, 9.17) is 0 Å². The number of anilines is 1. The fourth-order valence-electron chi connectivity index (χ4n) is 1.83. The van der Waals surface area contributed by atoms with Gasteiger partial charge in [-0.15, -0.1) is 22.7 Å². The minimum absolute atomic E-state index is 0.0643. The molecule has 0 unspecified atom stereocenters. The number of hydrogen-bond acceptors (Lipinski definition) is 6. The molecule has 3 aromatic rings. The number of thiophene rings is 2. The summed E-state index contributed by atoms with van der Waals surface area (Å²) >= 11 is 6.06. The molecule has 0 radical (unpaired) electrons. The smallest absolute Gasteiger partial charge is 0.297 e. The van der Waals surface area contributed by atoms with E-state index < -0.39 is 22.7 Å². The summed E-state index contributed by atoms with van der Waals surface area (Å²) in [6, 6.07) is 6.45. The van der Waals surface area contributed by atoms with Gasteiger partial charge in [-0.2, -0.15) is 13.2 Å². The maximum Gasteiger partial charge on any atom is 0.455 e. The summed E-state index contributed by atoms with van der Waals surface area (Å²) in [5.74, 6) is -2.49. The Morgan fingerprint density at radius 2 is 1.92 bits per heavy atom. The molecule has 4 nitrogen and oxygen atoms in total. The Kier molecular flexibility index (Phi) is 5.09. The number of nitrogens with zero attached hydrogens (tertiary/aromatic N) is 1. The molecule has 0 atom stereocenters. The normalized spacial score (nSPS) is 11.5. The van der Waals surface area contributed by atoms with Gasteiger partial charge in [-0.1, -0.05) is 17.4 Å². The molecule has 130 valence electrons. The number of carbonyl (C=O) groups excluding carboxylic acids is 2. The number of aromatic nitrogens is 1. The van der Waals surface area contributed by atoms with Crippen LogP contribution in [-0.2, 0) is 0 Å². The monoisotopic (exact) mass is 466 g/mol. The van der Waals surface area contributed by atoms with Gasteiger partial charge in [0.25, 0.3) is 11.7 Å². The lowest BCUT2D eigenvalue weighted by Gasteiger charge is -2.03. The average Bonchev–Trinajstić information content (AvgIpc) is 3.24. The fourth-order valence-corrected chi connectivity index (χ4v) is 4.83. The van der Waals surface area contributed by atoms with Gasteiger partial charge in [-0.3, -0.25) is 14.9 Å². The summed E-state index contributed by atoms with van der Waals surface area (Å²) in [4.78, 5) is 28.1. The predicted octanol–water partition coefficient (Wildman–Crippen LogP) is 5.69. The van der Waals surface area contributed by atoms with Gasteiger partial charge in [0.2, 0.25) is 0 Å². The zero-order chi connectivity index (χ0) is 18.2. The lowest BCUT2D eigenvalue weighted by molar-refractivity contribution is -0.0882. The topological polar surface area (TPSA) is 59.1 Å². The first-order chi connectivity index (χ1) is 11.8. The molecule has 0 aromatic carbocycles. The van der Waals surface area contributed by atoms with Crippen LogP contribution in [0.15, 0.2) is 33.4 Å². The molecule has 11 heteroatoms. The average molecular weight is 467 g/mol. The minimum atomic E-state index is -5.02. The van der Waals surface area contributed by atoms with Gasteiger partial charge in [0.05, 0.1) is 13.5 Å². The summed E-state index contributed by atoms with van der Waals surface area (Å²) in [6.45, 7) is 0. The second-order valence-electron chi connectivity index (χ2n) is 4.56. The van der Waals surface area contributed by atoms with Crippen LogP contribution in [-0.4, -0.2) is 22.9 Å². The van der Waals surface area contributed by atoms with Gasteiger partial charge in [0.1, 0.15) is 10.6 Å². The fraction of sp³-hybridized carbons (Fsp3) is 0.0714. The van der Waals surface area contributed by atoms with Crippen molar-refractivity contribution in [2.45, 2.75) is 6.18 Å². The first kappa shape index (κ1) is 18.2. The molecule has 3 rings (SSSR count). The third kappa shape index (κ3) is 4.00. The highest BCUT2D eigenvalue weighted by Crippen LogP contribution is 2.37. The molecule has 0 saturated carbocycles. The van der Waals surface area contributed by atoms with Crippen LogP contribution in [0.4, 0.5) is 18.3 Å².